The second kappa shape index (κ2) is 5.08. The fourth-order valence-electron chi connectivity index (χ4n) is 1.38. The van der Waals surface area contributed by atoms with Gasteiger partial charge in [0.1, 0.15) is 0 Å². The van der Waals surface area contributed by atoms with Crippen LogP contribution in [-0.2, 0) is 0 Å². The maximum absolute atomic E-state index is 8.10. The van der Waals surface area contributed by atoms with Crippen molar-refractivity contribution in [2.45, 2.75) is 13.8 Å². The van der Waals surface area contributed by atoms with Crippen molar-refractivity contribution in [2.75, 3.05) is 12.3 Å². The van der Waals surface area contributed by atoms with Gasteiger partial charge in [-0.25, -0.2) is 0 Å². The molecule has 0 spiro atoms. The molecule has 0 aliphatic heterocycles. The molecule has 78 valence electrons. The lowest BCUT2D eigenvalue weighted by Gasteiger charge is -2.05. The van der Waals surface area contributed by atoms with E-state index >= 15 is 0 Å². The minimum atomic E-state index is 0.374. The first kappa shape index (κ1) is 11.1. The molecule has 4 heteroatoms. The van der Waals surface area contributed by atoms with Crippen LogP contribution in [-0.4, -0.2) is 6.54 Å². The summed E-state index contributed by atoms with van der Waals surface area (Å²) in [5.74, 6) is 0. The number of nitrogen functional groups attached to an aromatic ring is 1. The van der Waals surface area contributed by atoms with Gasteiger partial charge in [-0.05, 0) is 48.2 Å². The molecule has 4 nitrogen and oxygen atoms in total. The third-order valence-corrected chi connectivity index (χ3v) is 2.18. The van der Waals surface area contributed by atoms with Gasteiger partial charge in [-0.3, -0.25) is 0 Å². The van der Waals surface area contributed by atoms with Crippen molar-refractivity contribution >= 4 is 11.8 Å². The van der Waals surface area contributed by atoms with Crippen LogP contribution in [0.3, 0.4) is 0 Å². The molecule has 1 aromatic rings. The minimum absolute atomic E-state index is 0.374. The smallest absolute Gasteiger partial charge is 0.0443 e. The van der Waals surface area contributed by atoms with Crippen LogP contribution in [0.4, 0.5) is 5.69 Å². The fraction of sp³-hybridized carbons (Fsp3) is 0.273. The van der Waals surface area contributed by atoms with Crippen molar-refractivity contribution in [1.29, 1.82) is 0 Å². The minimum Gasteiger partial charge on any atom is -0.398 e. The highest BCUT2D eigenvalue weighted by Crippen LogP contribution is 2.19. The first-order valence-electron chi connectivity index (χ1n) is 4.69. The van der Waals surface area contributed by atoms with Crippen LogP contribution in [0.1, 0.15) is 16.7 Å². The number of nitrogens with two attached hydrogens (primary N) is 1. The highest BCUT2D eigenvalue weighted by Gasteiger charge is 1.98. The van der Waals surface area contributed by atoms with E-state index in [2.05, 4.69) is 10.0 Å². The van der Waals surface area contributed by atoms with E-state index < -0.39 is 0 Å². The molecule has 0 aliphatic carbocycles. The number of azide groups is 1. The summed E-state index contributed by atoms with van der Waals surface area (Å²) < 4.78 is 0. The van der Waals surface area contributed by atoms with Crippen LogP contribution < -0.4 is 5.73 Å². The van der Waals surface area contributed by atoms with Gasteiger partial charge in [0.25, 0.3) is 0 Å². The summed E-state index contributed by atoms with van der Waals surface area (Å²) in [6, 6.07) is 4.02. The van der Waals surface area contributed by atoms with Crippen LogP contribution >= 0.6 is 0 Å². The molecular formula is C11H14N4. The Hall–Kier alpha value is -1.93. The molecule has 0 heterocycles. The summed E-state index contributed by atoms with van der Waals surface area (Å²) >= 11 is 0. The van der Waals surface area contributed by atoms with E-state index in [-0.39, 0.29) is 0 Å². The van der Waals surface area contributed by atoms with Crippen molar-refractivity contribution in [1.82, 2.24) is 0 Å². The van der Waals surface area contributed by atoms with Gasteiger partial charge in [-0.2, -0.15) is 0 Å². The predicted molar refractivity (Wildman–Crippen MR) is 63.4 cm³/mol. The molecule has 0 saturated carbocycles. The second-order valence-corrected chi connectivity index (χ2v) is 3.38. The maximum Gasteiger partial charge on any atom is 0.0443 e. The molecule has 0 aromatic heterocycles. The molecule has 0 saturated heterocycles. The summed E-state index contributed by atoms with van der Waals surface area (Å²) in [5, 5.41) is 3.42. The maximum atomic E-state index is 8.10. The van der Waals surface area contributed by atoms with E-state index in [0.29, 0.717) is 6.54 Å². The van der Waals surface area contributed by atoms with Gasteiger partial charge in [0, 0.05) is 17.1 Å². The van der Waals surface area contributed by atoms with Gasteiger partial charge in [0.2, 0.25) is 0 Å². The third kappa shape index (κ3) is 3.04. The van der Waals surface area contributed by atoms with Gasteiger partial charge in [-0.15, -0.1) is 0 Å². The summed E-state index contributed by atoms with van der Waals surface area (Å²) in [6.07, 6.45) is 3.75. The van der Waals surface area contributed by atoms with Gasteiger partial charge >= 0.3 is 0 Å². The molecule has 0 aliphatic rings. The Morgan fingerprint density at radius 1 is 1.40 bits per heavy atom. The number of aryl methyl sites for hydroxylation is 2. The van der Waals surface area contributed by atoms with Gasteiger partial charge in [-0.1, -0.05) is 17.3 Å². The number of anilines is 1. The summed E-state index contributed by atoms with van der Waals surface area (Å²) in [5.41, 5.74) is 18.0. The average molecular weight is 202 g/mol. The molecule has 0 amide bonds. The molecule has 1 rings (SSSR count). The fourth-order valence-corrected chi connectivity index (χ4v) is 1.38. The Morgan fingerprint density at radius 2 is 2.00 bits per heavy atom. The Morgan fingerprint density at radius 3 is 2.53 bits per heavy atom. The highest BCUT2D eigenvalue weighted by atomic mass is 15.1. The number of benzene rings is 1. The molecule has 0 fully saturated rings. The SMILES string of the molecule is Cc1cc(C=CCN=[N+]=[N-])cc(C)c1N. The van der Waals surface area contributed by atoms with Crippen molar-refractivity contribution in [3.63, 3.8) is 0 Å². The van der Waals surface area contributed by atoms with E-state index in [1.54, 1.807) is 0 Å². The van der Waals surface area contributed by atoms with Crippen LogP contribution in [0.15, 0.2) is 23.3 Å². The van der Waals surface area contributed by atoms with E-state index in [9.17, 15) is 0 Å². The monoisotopic (exact) mass is 202 g/mol. The van der Waals surface area contributed by atoms with Gasteiger partial charge in [0.15, 0.2) is 0 Å². The van der Waals surface area contributed by atoms with Crippen molar-refractivity contribution in [3.8, 4) is 0 Å². The first-order chi connectivity index (χ1) is 7.15. The largest absolute Gasteiger partial charge is 0.398 e. The Balaban J connectivity index is 2.87. The normalized spacial score (nSPS) is 10.3. The summed E-state index contributed by atoms with van der Waals surface area (Å²) in [6.45, 7) is 4.33. The van der Waals surface area contributed by atoms with E-state index in [0.717, 1.165) is 22.4 Å². The molecule has 15 heavy (non-hydrogen) atoms. The van der Waals surface area contributed by atoms with Crippen molar-refractivity contribution < 1.29 is 0 Å². The zero-order valence-corrected chi connectivity index (χ0v) is 8.94. The third-order valence-electron chi connectivity index (χ3n) is 2.18. The molecule has 0 unspecified atom stereocenters. The number of hydrogen-bond donors (Lipinski definition) is 1. The number of nitrogens with zero attached hydrogens (tertiary/aromatic N) is 3. The Kier molecular flexibility index (Phi) is 3.77. The lowest BCUT2D eigenvalue weighted by Crippen LogP contribution is -1.93. The highest BCUT2D eigenvalue weighted by molar-refractivity contribution is 5.61. The molecule has 0 radical (unpaired) electrons. The van der Waals surface area contributed by atoms with Crippen molar-refractivity contribution in [3.05, 3.63) is 45.3 Å². The molecular weight excluding hydrogens is 188 g/mol. The van der Waals surface area contributed by atoms with Crippen LogP contribution in [0, 0.1) is 13.8 Å². The lowest BCUT2D eigenvalue weighted by atomic mass is 10.0. The van der Waals surface area contributed by atoms with Crippen LogP contribution in [0.25, 0.3) is 16.5 Å². The quantitative estimate of drug-likeness (QED) is 0.347. The topological polar surface area (TPSA) is 74.8 Å². The second-order valence-electron chi connectivity index (χ2n) is 3.38. The summed E-state index contributed by atoms with van der Waals surface area (Å²) in [4.78, 5) is 2.67. The standard InChI is InChI=1S/C11H14N4/c1-8-6-10(4-3-5-14-15-13)7-9(2)11(8)12/h3-4,6-7H,5,12H2,1-2H3. The van der Waals surface area contributed by atoms with E-state index in [1.165, 1.54) is 0 Å². The van der Waals surface area contributed by atoms with Crippen molar-refractivity contribution in [2.24, 2.45) is 5.11 Å². The zero-order valence-electron chi connectivity index (χ0n) is 8.94. The Bertz CT molecular complexity index is 405. The Labute approximate surface area is 89.0 Å². The average Bonchev–Trinajstić information content (AvgIpc) is 2.21. The number of hydrogen-bond acceptors (Lipinski definition) is 2. The number of rotatable bonds is 3. The van der Waals surface area contributed by atoms with E-state index in [1.807, 2.05) is 38.1 Å². The van der Waals surface area contributed by atoms with E-state index in [4.69, 9.17) is 11.3 Å². The van der Waals surface area contributed by atoms with Gasteiger partial charge < -0.3 is 5.73 Å². The molecule has 2 N–H and O–H groups in total. The molecule has 1 aromatic carbocycles. The first-order valence-corrected chi connectivity index (χ1v) is 4.69. The van der Waals surface area contributed by atoms with Gasteiger partial charge in [0.05, 0.1) is 0 Å². The summed E-state index contributed by atoms with van der Waals surface area (Å²) in [7, 11) is 0. The molecule has 0 atom stereocenters. The van der Waals surface area contributed by atoms with Crippen LogP contribution in [0.2, 0.25) is 0 Å². The molecule has 0 bridgehead atoms. The zero-order chi connectivity index (χ0) is 11.3. The van der Waals surface area contributed by atoms with Crippen LogP contribution in [0.5, 0.6) is 0 Å². The lowest BCUT2D eigenvalue weighted by molar-refractivity contribution is 1.22. The predicted octanol–water partition coefficient (Wildman–Crippen LogP) is 3.21.